The maximum atomic E-state index is 12.6. The van der Waals surface area contributed by atoms with Crippen molar-refractivity contribution in [3.05, 3.63) is 112 Å². The lowest BCUT2D eigenvalue weighted by Crippen LogP contribution is -2.11. The van der Waals surface area contributed by atoms with Gasteiger partial charge in [0, 0.05) is 19.7 Å². The third-order valence-electron chi connectivity index (χ3n) is 4.92. The Morgan fingerprint density at radius 2 is 0.978 bits per heavy atom. The Labute approximate surface area is 288 Å². The fraction of sp³-hybridized carbons (Fsp3) is 0.111. The molecule has 4 aromatic rings. The summed E-state index contributed by atoms with van der Waals surface area (Å²) in [5.41, 5.74) is 19.6. The van der Waals surface area contributed by atoms with Crippen LogP contribution in [0, 0.1) is 18.6 Å². The Morgan fingerprint density at radius 1 is 0.556 bits per heavy atom. The second-order valence-corrected chi connectivity index (χ2v) is 11.9. The van der Waals surface area contributed by atoms with Crippen LogP contribution in [0.2, 0.25) is 20.1 Å². The van der Waals surface area contributed by atoms with E-state index < -0.39 is 40.8 Å². The number of nitrogen functional groups attached to an aromatic ring is 4. The number of hydrogen-bond acceptors (Lipinski definition) is 4. The standard InChI is InChI=1S/C8H5F6N.C7H7Cl2N.2C6H4BrClFN/c9-7(10,11)4-1-5(8(12,13)14)3-6(15)2-4;1-4-2-5(8)7(10)6(9)3-4;7-4-1-3(9)2-5(8)6(4)10;7-4-1-3(8)2-5(9)6(4)10/h1-3H,15H2;2-3H,10H2,1H3;2*1-2H,10H2. The lowest BCUT2D eigenvalue weighted by atomic mass is 10.1. The molecule has 0 unspecified atom stereocenters. The SMILES string of the molecule is Cc1cc(Cl)c(N)c(Cl)c1.Nc1c(Cl)cc(F)cc1Br.Nc1c(F)cc(Cl)cc1Br.Nc1cc(C(F)(F)F)cc(C(F)(F)F)c1. The molecule has 0 radical (unpaired) electrons. The zero-order valence-electron chi connectivity index (χ0n) is 22.3. The highest BCUT2D eigenvalue weighted by atomic mass is 79.9. The molecule has 0 aliphatic heterocycles. The fourth-order valence-electron chi connectivity index (χ4n) is 2.80. The van der Waals surface area contributed by atoms with Crippen LogP contribution in [0.5, 0.6) is 0 Å². The summed E-state index contributed by atoms with van der Waals surface area (Å²) in [7, 11) is 0. The van der Waals surface area contributed by atoms with Crippen LogP contribution in [0.25, 0.3) is 0 Å². The molecule has 0 fully saturated rings. The van der Waals surface area contributed by atoms with Crippen LogP contribution in [0.1, 0.15) is 16.7 Å². The highest BCUT2D eigenvalue weighted by Gasteiger charge is 2.36. The molecule has 4 nitrogen and oxygen atoms in total. The minimum Gasteiger partial charge on any atom is -0.399 e. The summed E-state index contributed by atoms with van der Waals surface area (Å²) in [6.07, 6.45) is -9.68. The highest BCUT2D eigenvalue weighted by molar-refractivity contribution is 9.11. The molecule has 0 aliphatic carbocycles. The molecule has 0 saturated heterocycles. The first-order valence-corrected chi connectivity index (χ1v) is 14.6. The first-order valence-electron chi connectivity index (χ1n) is 11.5. The van der Waals surface area contributed by atoms with Gasteiger partial charge in [-0.25, -0.2) is 8.78 Å². The molecule has 0 spiro atoms. The summed E-state index contributed by atoms with van der Waals surface area (Å²) in [6, 6.07) is 9.64. The molecular formula is C27H20Br2Cl4F8N4. The van der Waals surface area contributed by atoms with E-state index >= 15 is 0 Å². The summed E-state index contributed by atoms with van der Waals surface area (Å²) >= 11 is 28.5. The van der Waals surface area contributed by atoms with Crippen LogP contribution < -0.4 is 22.9 Å². The molecule has 0 aliphatic rings. The number of alkyl halides is 6. The van der Waals surface area contributed by atoms with E-state index in [1.165, 1.54) is 18.2 Å². The van der Waals surface area contributed by atoms with Crippen molar-refractivity contribution in [2.45, 2.75) is 19.3 Å². The first kappa shape index (κ1) is 40.7. The lowest BCUT2D eigenvalue weighted by molar-refractivity contribution is -0.143. The van der Waals surface area contributed by atoms with E-state index in [1.54, 1.807) is 18.2 Å². The van der Waals surface area contributed by atoms with Gasteiger partial charge in [-0.05, 0) is 98.9 Å². The van der Waals surface area contributed by atoms with Gasteiger partial charge in [0.15, 0.2) is 0 Å². The summed E-state index contributed by atoms with van der Waals surface area (Å²) in [6.45, 7) is 1.91. The summed E-state index contributed by atoms with van der Waals surface area (Å²) in [4.78, 5) is 0. The predicted molar refractivity (Wildman–Crippen MR) is 174 cm³/mol. The molecule has 4 rings (SSSR count). The number of anilines is 4. The minimum absolute atomic E-state index is 0.0242. The molecule has 246 valence electrons. The highest BCUT2D eigenvalue weighted by Crippen LogP contribution is 2.37. The number of hydrogen-bond donors (Lipinski definition) is 4. The van der Waals surface area contributed by atoms with Crippen LogP contribution >= 0.6 is 78.3 Å². The topological polar surface area (TPSA) is 104 Å². The largest absolute Gasteiger partial charge is 0.416 e. The lowest BCUT2D eigenvalue weighted by Gasteiger charge is -2.12. The van der Waals surface area contributed by atoms with Gasteiger partial charge in [0.05, 0.1) is 43.3 Å². The summed E-state index contributed by atoms with van der Waals surface area (Å²) < 4.78 is 98.7. The van der Waals surface area contributed by atoms with Crippen molar-refractivity contribution in [3.8, 4) is 0 Å². The van der Waals surface area contributed by atoms with Gasteiger partial charge in [0.1, 0.15) is 11.6 Å². The molecule has 0 saturated carbocycles. The van der Waals surface area contributed by atoms with Gasteiger partial charge >= 0.3 is 12.4 Å². The molecule has 45 heavy (non-hydrogen) atoms. The van der Waals surface area contributed by atoms with Crippen LogP contribution in [-0.4, -0.2) is 0 Å². The molecule has 0 amide bonds. The maximum Gasteiger partial charge on any atom is 0.416 e. The minimum atomic E-state index is -4.84. The van der Waals surface area contributed by atoms with Crippen LogP contribution in [0.4, 0.5) is 57.9 Å². The molecule has 0 atom stereocenters. The Kier molecular flexibility index (Phi) is 15.3. The van der Waals surface area contributed by atoms with Gasteiger partial charge < -0.3 is 22.9 Å². The van der Waals surface area contributed by atoms with Crippen molar-refractivity contribution in [2.24, 2.45) is 0 Å². The number of rotatable bonds is 0. The molecule has 0 heterocycles. The molecular weight excluding hydrogens is 834 g/mol. The van der Waals surface area contributed by atoms with Gasteiger partial charge in [-0.1, -0.05) is 46.4 Å². The van der Waals surface area contributed by atoms with Gasteiger partial charge in [-0.2, -0.15) is 26.3 Å². The predicted octanol–water partition coefficient (Wildman–Crippen LogP) is 11.8. The van der Waals surface area contributed by atoms with Gasteiger partial charge in [-0.15, -0.1) is 0 Å². The smallest absolute Gasteiger partial charge is 0.399 e. The van der Waals surface area contributed by atoms with E-state index in [2.05, 4.69) is 31.9 Å². The van der Waals surface area contributed by atoms with E-state index in [-0.39, 0.29) is 16.8 Å². The van der Waals surface area contributed by atoms with E-state index in [0.717, 1.165) is 5.56 Å². The quantitative estimate of drug-likeness (QED) is 0.104. The van der Waals surface area contributed by atoms with E-state index in [0.29, 0.717) is 47.5 Å². The number of benzene rings is 4. The third kappa shape index (κ3) is 13.5. The summed E-state index contributed by atoms with van der Waals surface area (Å²) in [5.74, 6) is -0.898. The maximum absolute atomic E-state index is 12.6. The molecule has 8 N–H and O–H groups in total. The van der Waals surface area contributed by atoms with Crippen molar-refractivity contribution < 1.29 is 35.1 Å². The first-order chi connectivity index (χ1) is 20.4. The Hall–Kier alpha value is -2.36. The van der Waals surface area contributed by atoms with Gasteiger partial charge in [0.2, 0.25) is 0 Å². The van der Waals surface area contributed by atoms with Crippen molar-refractivity contribution in [1.29, 1.82) is 0 Å². The third-order valence-corrected chi connectivity index (χ3v) is 7.39. The van der Waals surface area contributed by atoms with Crippen LogP contribution in [0.15, 0.2) is 63.5 Å². The van der Waals surface area contributed by atoms with E-state index in [4.69, 9.17) is 69.3 Å². The molecule has 0 bridgehead atoms. The molecule has 0 aromatic heterocycles. The zero-order chi connectivity index (χ0) is 35.0. The Bertz CT molecular complexity index is 1400. The normalized spacial score (nSPS) is 10.9. The average molecular weight is 854 g/mol. The van der Waals surface area contributed by atoms with Crippen molar-refractivity contribution in [2.75, 3.05) is 22.9 Å². The monoisotopic (exact) mass is 850 g/mol. The zero-order valence-corrected chi connectivity index (χ0v) is 28.5. The van der Waals surface area contributed by atoms with Crippen molar-refractivity contribution in [3.63, 3.8) is 0 Å². The van der Waals surface area contributed by atoms with Crippen molar-refractivity contribution in [1.82, 2.24) is 0 Å². The Morgan fingerprint density at radius 3 is 1.38 bits per heavy atom. The van der Waals surface area contributed by atoms with E-state index in [9.17, 15) is 35.1 Å². The van der Waals surface area contributed by atoms with Crippen LogP contribution in [-0.2, 0) is 12.4 Å². The molecule has 4 aromatic carbocycles. The number of nitrogens with two attached hydrogens (primary N) is 4. The number of aryl methyl sites for hydroxylation is 1. The van der Waals surface area contributed by atoms with Crippen LogP contribution in [0.3, 0.4) is 0 Å². The average Bonchev–Trinajstić information content (AvgIpc) is 2.88. The second kappa shape index (κ2) is 17.0. The van der Waals surface area contributed by atoms with Gasteiger partial charge in [0.25, 0.3) is 0 Å². The summed E-state index contributed by atoms with van der Waals surface area (Å²) in [5, 5.41) is 1.60. The van der Waals surface area contributed by atoms with E-state index in [1.807, 2.05) is 6.92 Å². The Balaban J connectivity index is 0.000000305. The van der Waals surface area contributed by atoms with Gasteiger partial charge in [-0.3, -0.25) is 0 Å². The molecule has 18 heteroatoms. The van der Waals surface area contributed by atoms with Crippen molar-refractivity contribution >= 4 is 101 Å². The number of halogens is 14. The fourth-order valence-corrected chi connectivity index (χ4v) is 4.92. The second-order valence-electron chi connectivity index (χ2n) is 8.55.